The fourth-order valence-corrected chi connectivity index (χ4v) is 3.26. The fraction of sp³-hybridized carbons (Fsp3) is 0.333. The molecule has 2 atom stereocenters. The van der Waals surface area contributed by atoms with Crippen LogP contribution in [0.1, 0.15) is 43.0 Å². The van der Waals surface area contributed by atoms with Gasteiger partial charge < -0.3 is 5.32 Å². The van der Waals surface area contributed by atoms with Gasteiger partial charge in [-0.15, -0.1) is 0 Å². The number of benzene rings is 2. The maximum Gasteiger partial charge on any atom is 0.0454 e. The van der Waals surface area contributed by atoms with Gasteiger partial charge in [-0.1, -0.05) is 53.5 Å². The summed E-state index contributed by atoms with van der Waals surface area (Å²) in [7, 11) is 0. The van der Waals surface area contributed by atoms with E-state index in [1.807, 2.05) is 18.2 Å². The molecule has 0 heterocycles. The molecule has 2 aromatic rings. The third kappa shape index (κ3) is 3.60. The predicted octanol–water partition coefficient (Wildman–Crippen LogP) is 5.80. The Morgan fingerprint density at radius 3 is 2.43 bits per heavy atom. The summed E-state index contributed by atoms with van der Waals surface area (Å²) < 4.78 is 0. The lowest BCUT2D eigenvalue weighted by Gasteiger charge is -2.25. The van der Waals surface area contributed by atoms with Gasteiger partial charge in [-0.3, -0.25) is 0 Å². The maximum absolute atomic E-state index is 6.32. The van der Waals surface area contributed by atoms with Gasteiger partial charge in [0.05, 0.1) is 0 Å². The highest BCUT2D eigenvalue weighted by molar-refractivity contribution is 6.33. The van der Waals surface area contributed by atoms with Crippen LogP contribution in [0.15, 0.2) is 48.5 Å². The van der Waals surface area contributed by atoms with E-state index in [2.05, 4.69) is 42.6 Å². The van der Waals surface area contributed by atoms with Crippen molar-refractivity contribution in [3.05, 3.63) is 69.7 Å². The molecule has 2 aromatic carbocycles. The van der Waals surface area contributed by atoms with Crippen molar-refractivity contribution in [1.82, 2.24) is 5.32 Å². The first-order chi connectivity index (χ1) is 10.1. The molecule has 0 aliphatic heterocycles. The molecule has 1 N–H and O–H groups in total. The Morgan fingerprint density at radius 1 is 1.05 bits per heavy atom. The summed E-state index contributed by atoms with van der Waals surface area (Å²) in [6, 6.07) is 16.9. The molecule has 2 unspecified atom stereocenters. The molecule has 0 radical (unpaired) electrons. The maximum atomic E-state index is 6.32. The molecule has 1 nitrogen and oxygen atoms in total. The van der Waals surface area contributed by atoms with E-state index in [0.717, 1.165) is 21.5 Å². The van der Waals surface area contributed by atoms with Gasteiger partial charge in [0.15, 0.2) is 0 Å². The van der Waals surface area contributed by atoms with Crippen LogP contribution < -0.4 is 5.32 Å². The summed E-state index contributed by atoms with van der Waals surface area (Å²) in [5.41, 5.74) is 2.41. The summed E-state index contributed by atoms with van der Waals surface area (Å²) in [6.07, 6.45) is 2.59. The molecule has 1 saturated carbocycles. The van der Waals surface area contributed by atoms with E-state index in [0.29, 0.717) is 6.04 Å². The molecule has 21 heavy (non-hydrogen) atoms. The second-order valence-corrected chi connectivity index (χ2v) is 6.62. The molecule has 0 amide bonds. The van der Waals surface area contributed by atoms with Gasteiger partial charge >= 0.3 is 0 Å². The molecule has 1 aliphatic carbocycles. The zero-order valence-electron chi connectivity index (χ0n) is 12.0. The lowest BCUT2D eigenvalue weighted by Crippen LogP contribution is -2.26. The van der Waals surface area contributed by atoms with E-state index in [1.54, 1.807) is 0 Å². The summed E-state index contributed by atoms with van der Waals surface area (Å²) in [5.74, 6) is 0.729. The fourth-order valence-electron chi connectivity index (χ4n) is 2.80. The predicted molar refractivity (Wildman–Crippen MR) is 89.9 cm³/mol. The molecule has 0 aromatic heterocycles. The molecule has 0 saturated heterocycles. The second kappa shape index (κ2) is 6.39. The molecule has 1 aliphatic rings. The van der Waals surface area contributed by atoms with Crippen molar-refractivity contribution < 1.29 is 0 Å². The van der Waals surface area contributed by atoms with Crippen LogP contribution in [0.3, 0.4) is 0 Å². The topological polar surface area (TPSA) is 12.0 Å². The molecular weight excluding hydrogens is 301 g/mol. The van der Waals surface area contributed by atoms with Gasteiger partial charge in [-0.2, -0.15) is 0 Å². The van der Waals surface area contributed by atoms with Crippen molar-refractivity contribution in [3.63, 3.8) is 0 Å². The van der Waals surface area contributed by atoms with Crippen molar-refractivity contribution in [2.24, 2.45) is 5.92 Å². The number of nitrogens with one attached hydrogen (secondary N) is 1. The van der Waals surface area contributed by atoms with Gasteiger partial charge in [0.25, 0.3) is 0 Å². The molecule has 110 valence electrons. The van der Waals surface area contributed by atoms with Crippen LogP contribution in [0.2, 0.25) is 10.0 Å². The summed E-state index contributed by atoms with van der Waals surface area (Å²) in [4.78, 5) is 0. The number of hydrogen-bond donors (Lipinski definition) is 1. The van der Waals surface area contributed by atoms with E-state index < -0.39 is 0 Å². The summed E-state index contributed by atoms with van der Waals surface area (Å²) in [6.45, 7) is 2.15. The summed E-state index contributed by atoms with van der Waals surface area (Å²) in [5, 5.41) is 5.23. The van der Waals surface area contributed by atoms with Crippen LogP contribution in [-0.4, -0.2) is 0 Å². The number of rotatable bonds is 5. The Labute approximate surface area is 136 Å². The lowest BCUT2D eigenvalue weighted by atomic mass is 9.99. The average molecular weight is 320 g/mol. The van der Waals surface area contributed by atoms with Crippen molar-refractivity contribution in [2.45, 2.75) is 31.8 Å². The van der Waals surface area contributed by atoms with Crippen molar-refractivity contribution in [2.75, 3.05) is 0 Å². The Kier molecular flexibility index (Phi) is 4.54. The minimum atomic E-state index is 0.169. The van der Waals surface area contributed by atoms with Crippen LogP contribution in [0.4, 0.5) is 0 Å². The lowest BCUT2D eigenvalue weighted by molar-refractivity contribution is 0.427. The minimum absolute atomic E-state index is 0.169. The van der Waals surface area contributed by atoms with Crippen LogP contribution in [-0.2, 0) is 0 Å². The standard InChI is InChI=1S/C18H19Cl2N/c1-12(16-11-15(19)9-10-17(16)20)21-18(14-7-8-14)13-5-3-2-4-6-13/h2-6,9-12,14,18,21H,7-8H2,1H3. The zero-order valence-corrected chi connectivity index (χ0v) is 13.5. The average Bonchev–Trinajstić information content (AvgIpc) is 3.32. The largest absolute Gasteiger partial charge is 0.303 e. The highest BCUT2D eigenvalue weighted by Gasteiger charge is 2.33. The van der Waals surface area contributed by atoms with E-state index in [9.17, 15) is 0 Å². The third-order valence-corrected chi connectivity index (χ3v) is 4.69. The van der Waals surface area contributed by atoms with Crippen molar-refractivity contribution >= 4 is 23.2 Å². The monoisotopic (exact) mass is 319 g/mol. The van der Waals surface area contributed by atoms with Crippen LogP contribution in [0, 0.1) is 5.92 Å². The van der Waals surface area contributed by atoms with E-state index in [-0.39, 0.29) is 6.04 Å². The second-order valence-electron chi connectivity index (χ2n) is 5.78. The summed E-state index contributed by atoms with van der Waals surface area (Å²) >= 11 is 12.4. The molecule has 0 spiro atoms. The van der Waals surface area contributed by atoms with Gasteiger partial charge in [0.2, 0.25) is 0 Å². The number of hydrogen-bond acceptors (Lipinski definition) is 1. The van der Waals surface area contributed by atoms with Gasteiger partial charge in [-0.25, -0.2) is 0 Å². The third-order valence-electron chi connectivity index (χ3n) is 4.11. The van der Waals surface area contributed by atoms with E-state index in [4.69, 9.17) is 23.2 Å². The van der Waals surface area contributed by atoms with Gasteiger partial charge in [0.1, 0.15) is 0 Å². The van der Waals surface area contributed by atoms with Gasteiger partial charge in [0, 0.05) is 22.1 Å². The normalized spacial score (nSPS) is 17.5. The Hall–Kier alpha value is -1.02. The SMILES string of the molecule is CC(NC(c1ccccc1)C1CC1)c1cc(Cl)ccc1Cl. The zero-order chi connectivity index (χ0) is 14.8. The minimum Gasteiger partial charge on any atom is -0.303 e. The molecule has 3 heteroatoms. The molecule has 3 rings (SSSR count). The molecular formula is C18H19Cl2N. The van der Waals surface area contributed by atoms with Gasteiger partial charge in [-0.05, 0) is 55.0 Å². The van der Waals surface area contributed by atoms with E-state index >= 15 is 0 Å². The first-order valence-corrected chi connectivity index (χ1v) is 8.16. The highest BCUT2D eigenvalue weighted by atomic mass is 35.5. The van der Waals surface area contributed by atoms with Crippen molar-refractivity contribution in [3.8, 4) is 0 Å². The van der Waals surface area contributed by atoms with Crippen LogP contribution >= 0.6 is 23.2 Å². The Morgan fingerprint density at radius 2 is 1.76 bits per heavy atom. The van der Waals surface area contributed by atoms with Crippen LogP contribution in [0.25, 0.3) is 0 Å². The smallest absolute Gasteiger partial charge is 0.0454 e. The Balaban J connectivity index is 1.81. The number of halogens is 2. The first kappa shape index (κ1) is 14.9. The highest BCUT2D eigenvalue weighted by Crippen LogP contribution is 2.42. The van der Waals surface area contributed by atoms with Crippen LogP contribution in [0.5, 0.6) is 0 Å². The molecule has 0 bridgehead atoms. The first-order valence-electron chi connectivity index (χ1n) is 7.41. The Bertz CT molecular complexity index is 608. The quantitative estimate of drug-likeness (QED) is 0.734. The van der Waals surface area contributed by atoms with Crippen molar-refractivity contribution in [1.29, 1.82) is 0 Å². The van der Waals surface area contributed by atoms with E-state index in [1.165, 1.54) is 18.4 Å². The molecule has 1 fully saturated rings.